The van der Waals surface area contributed by atoms with E-state index in [1.54, 1.807) is 0 Å². The monoisotopic (exact) mass is 405 g/mol. The molecule has 0 saturated carbocycles. The summed E-state index contributed by atoms with van der Waals surface area (Å²) in [5.41, 5.74) is 1.38. The Balaban J connectivity index is 0.00000104. The number of likely N-dealkylation sites (N-methyl/N-ethyl adjacent to an activating group) is 1. The molecule has 132 valence electrons. The van der Waals surface area contributed by atoms with Gasteiger partial charge < -0.3 is 9.47 Å². The van der Waals surface area contributed by atoms with Crippen LogP contribution >= 0.6 is 48.2 Å². The fourth-order valence-electron chi connectivity index (χ4n) is 3.36. The number of nitrogens with zero attached hydrogens (tertiary/aromatic N) is 3. The smallest absolute Gasteiger partial charge is 0.0797 e. The molecule has 2 aromatic rings. The number of aromatic nitrogens is 1. The lowest BCUT2D eigenvalue weighted by atomic mass is 10.0. The van der Waals surface area contributed by atoms with Crippen molar-refractivity contribution in [3.05, 3.63) is 47.1 Å². The van der Waals surface area contributed by atoms with E-state index in [-0.39, 0.29) is 24.8 Å². The van der Waals surface area contributed by atoms with Crippen LogP contribution in [0.25, 0.3) is 0 Å². The van der Waals surface area contributed by atoms with Gasteiger partial charge in [0.25, 0.3) is 0 Å². The van der Waals surface area contributed by atoms with E-state index in [4.69, 9.17) is 11.6 Å². The molecule has 0 aliphatic carbocycles. The third-order valence-electron chi connectivity index (χ3n) is 4.68. The first-order valence-electron chi connectivity index (χ1n) is 7.76. The summed E-state index contributed by atoms with van der Waals surface area (Å²) in [6.45, 7) is 5.52. The van der Waals surface area contributed by atoms with Crippen LogP contribution in [-0.2, 0) is 6.54 Å². The van der Waals surface area contributed by atoms with Crippen molar-refractivity contribution in [2.24, 2.45) is 0 Å². The number of rotatable bonds is 1. The number of hydrogen-bond donors (Lipinski definition) is 0. The van der Waals surface area contributed by atoms with Crippen LogP contribution in [0.5, 0.6) is 0 Å². The second-order valence-corrected chi connectivity index (χ2v) is 7.64. The summed E-state index contributed by atoms with van der Waals surface area (Å²) in [6, 6.07) is 11.1. The molecule has 1 aromatic heterocycles. The zero-order valence-corrected chi connectivity index (χ0v) is 16.7. The summed E-state index contributed by atoms with van der Waals surface area (Å²) in [5.74, 6) is 0. The van der Waals surface area contributed by atoms with E-state index in [2.05, 4.69) is 51.9 Å². The van der Waals surface area contributed by atoms with E-state index in [0.29, 0.717) is 6.04 Å². The highest BCUT2D eigenvalue weighted by Gasteiger charge is 2.29. The minimum atomic E-state index is 0. The van der Waals surface area contributed by atoms with Crippen molar-refractivity contribution in [3.8, 4) is 0 Å². The van der Waals surface area contributed by atoms with Crippen molar-refractivity contribution < 1.29 is 0 Å². The topological polar surface area (TPSA) is 11.4 Å². The molecule has 1 fully saturated rings. The van der Waals surface area contributed by atoms with E-state index >= 15 is 0 Å². The van der Waals surface area contributed by atoms with Crippen molar-refractivity contribution in [2.75, 3.05) is 33.2 Å². The Morgan fingerprint density at radius 3 is 2.58 bits per heavy atom. The molecule has 7 heteroatoms. The first kappa shape index (κ1) is 20.0. The predicted molar refractivity (Wildman–Crippen MR) is 106 cm³/mol. The van der Waals surface area contributed by atoms with Crippen molar-refractivity contribution in [3.63, 3.8) is 0 Å². The Labute approximate surface area is 165 Å². The summed E-state index contributed by atoms with van der Waals surface area (Å²) in [4.78, 5) is 6.36. The van der Waals surface area contributed by atoms with Crippen LogP contribution in [0, 0.1) is 0 Å². The SMILES string of the molecule is CN1CCN([C@@H]2Cn3cccc3Sc3ccc(Cl)cc32)CC1.Cl.Cl. The number of halogens is 3. The maximum Gasteiger partial charge on any atom is 0.0797 e. The van der Waals surface area contributed by atoms with Crippen LogP contribution in [0.2, 0.25) is 5.02 Å². The molecule has 1 aromatic carbocycles. The lowest BCUT2D eigenvalue weighted by molar-refractivity contribution is 0.100. The lowest BCUT2D eigenvalue weighted by Gasteiger charge is -2.38. The van der Waals surface area contributed by atoms with Gasteiger partial charge >= 0.3 is 0 Å². The van der Waals surface area contributed by atoms with Crippen LogP contribution in [0.15, 0.2) is 46.5 Å². The zero-order valence-electron chi connectivity index (χ0n) is 13.5. The van der Waals surface area contributed by atoms with Gasteiger partial charge in [0.2, 0.25) is 0 Å². The maximum absolute atomic E-state index is 6.30. The minimum absolute atomic E-state index is 0. The largest absolute Gasteiger partial charge is 0.341 e. The number of hydrogen-bond acceptors (Lipinski definition) is 3. The molecule has 1 atom stereocenters. The van der Waals surface area contributed by atoms with Crippen molar-refractivity contribution in [1.82, 2.24) is 14.4 Å². The van der Waals surface area contributed by atoms with Gasteiger partial charge in [-0.15, -0.1) is 24.8 Å². The highest BCUT2D eigenvalue weighted by Crippen LogP contribution is 2.41. The summed E-state index contributed by atoms with van der Waals surface area (Å²) < 4.78 is 2.38. The molecular weight excluding hydrogens is 385 g/mol. The number of fused-ring (bicyclic) bond motifs is 2. The first-order valence-corrected chi connectivity index (χ1v) is 8.95. The van der Waals surface area contributed by atoms with Gasteiger partial charge in [-0.3, -0.25) is 4.90 Å². The van der Waals surface area contributed by atoms with Gasteiger partial charge in [0.05, 0.1) is 11.1 Å². The summed E-state index contributed by atoms with van der Waals surface area (Å²) in [6.07, 6.45) is 2.19. The molecular formula is C17H22Cl3N3S. The Kier molecular flexibility index (Phi) is 6.94. The standard InChI is InChI=1S/C17H20ClN3S.2ClH/c1-19-7-9-20(10-8-19)15-12-21-6-2-3-17(21)22-16-5-4-13(18)11-14(15)16;;/h2-6,11,15H,7-10,12H2,1H3;2*1H/t15-;;/m1../s1. The van der Waals surface area contributed by atoms with Crippen LogP contribution in [-0.4, -0.2) is 47.6 Å². The number of benzene rings is 1. The summed E-state index contributed by atoms with van der Waals surface area (Å²) >= 11 is 8.15. The molecule has 0 N–H and O–H groups in total. The normalized spacial score (nSPS) is 21.0. The predicted octanol–water partition coefficient (Wildman–Crippen LogP) is 4.44. The van der Waals surface area contributed by atoms with Gasteiger partial charge in [-0.25, -0.2) is 0 Å². The van der Waals surface area contributed by atoms with E-state index in [0.717, 1.165) is 37.7 Å². The molecule has 2 aliphatic rings. The van der Waals surface area contributed by atoms with E-state index in [1.807, 2.05) is 17.8 Å². The zero-order chi connectivity index (χ0) is 15.1. The van der Waals surface area contributed by atoms with Gasteiger partial charge in [-0.1, -0.05) is 23.4 Å². The quantitative estimate of drug-likeness (QED) is 0.694. The highest BCUT2D eigenvalue weighted by atomic mass is 35.5. The molecule has 3 nitrogen and oxygen atoms in total. The van der Waals surface area contributed by atoms with Gasteiger partial charge in [0, 0.05) is 48.8 Å². The molecule has 1 saturated heterocycles. The van der Waals surface area contributed by atoms with Crippen molar-refractivity contribution >= 4 is 48.2 Å². The van der Waals surface area contributed by atoms with E-state index < -0.39 is 0 Å². The second-order valence-electron chi connectivity index (χ2n) is 6.14. The minimum Gasteiger partial charge on any atom is -0.341 e. The average molecular weight is 407 g/mol. The maximum atomic E-state index is 6.30. The van der Waals surface area contributed by atoms with Gasteiger partial charge in [0.15, 0.2) is 0 Å². The molecule has 4 rings (SSSR count). The average Bonchev–Trinajstić information content (AvgIpc) is 2.89. The highest BCUT2D eigenvalue weighted by molar-refractivity contribution is 7.99. The number of piperazine rings is 1. The van der Waals surface area contributed by atoms with Crippen molar-refractivity contribution in [1.29, 1.82) is 0 Å². The Hall–Kier alpha value is -0.360. The first-order chi connectivity index (χ1) is 10.7. The van der Waals surface area contributed by atoms with E-state index in [9.17, 15) is 0 Å². The van der Waals surface area contributed by atoms with Crippen LogP contribution in [0.1, 0.15) is 11.6 Å². The second kappa shape index (κ2) is 8.35. The van der Waals surface area contributed by atoms with Gasteiger partial charge in [0.1, 0.15) is 0 Å². The molecule has 3 heterocycles. The Morgan fingerprint density at radius 1 is 1.08 bits per heavy atom. The fourth-order valence-corrected chi connectivity index (χ4v) is 4.61. The molecule has 0 spiro atoms. The van der Waals surface area contributed by atoms with Gasteiger partial charge in [-0.05, 0) is 42.9 Å². The van der Waals surface area contributed by atoms with E-state index in [1.165, 1.54) is 15.5 Å². The molecule has 24 heavy (non-hydrogen) atoms. The summed E-state index contributed by atoms with van der Waals surface area (Å²) in [7, 11) is 2.20. The Bertz CT molecular complexity index is 683. The van der Waals surface area contributed by atoms with Crippen molar-refractivity contribution in [2.45, 2.75) is 22.5 Å². The van der Waals surface area contributed by atoms with Crippen LogP contribution < -0.4 is 0 Å². The molecule has 0 amide bonds. The molecule has 0 bridgehead atoms. The summed E-state index contributed by atoms with van der Waals surface area (Å²) in [5, 5.41) is 2.16. The third-order valence-corrected chi connectivity index (χ3v) is 6.09. The molecule has 0 radical (unpaired) electrons. The Morgan fingerprint density at radius 2 is 1.83 bits per heavy atom. The van der Waals surface area contributed by atoms with Crippen LogP contribution in [0.3, 0.4) is 0 Å². The lowest BCUT2D eigenvalue weighted by Crippen LogP contribution is -2.46. The fraction of sp³-hybridized carbons (Fsp3) is 0.412. The molecule has 0 unspecified atom stereocenters. The molecule has 2 aliphatic heterocycles. The third kappa shape index (κ3) is 3.90. The van der Waals surface area contributed by atoms with Gasteiger partial charge in [-0.2, -0.15) is 0 Å². The van der Waals surface area contributed by atoms with Crippen LogP contribution in [0.4, 0.5) is 0 Å².